The van der Waals surface area contributed by atoms with E-state index in [0.29, 0.717) is 0 Å². The van der Waals surface area contributed by atoms with Gasteiger partial charge in [0.1, 0.15) is 5.82 Å². The van der Waals surface area contributed by atoms with Gasteiger partial charge in [0, 0.05) is 29.3 Å². The van der Waals surface area contributed by atoms with Crippen molar-refractivity contribution in [3.63, 3.8) is 0 Å². The van der Waals surface area contributed by atoms with E-state index in [0.717, 1.165) is 42.0 Å². The molecule has 1 fully saturated rings. The first kappa shape index (κ1) is 14.1. The maximum absolute atomic E-state index is 4.57. The Balaban J connectivity index is 1.58. The number of hydrogen-bond acceptors (Lipinski definition) is 4. The van der Waals surface area contributed by atoms with E-state index < -0.39 is 0 Å². The van der Waals surface area contributed by atoms with Crippen LogP contribution in [0.25, 0.3) is 0 Å². The summed E-state index contributed by atoms with van der Waals surface area (Å²) in [6.07, 6.45) is 3.76. The number of piperazine rings is 1. The highest BCUT2D eigenvalue weighted by Crippen LogP contribution is 2.15. The van der Waals surface area contributed by atoms with Crippen LogP contribution < -0.4 is 4.90 Å². The van der Waals surface area contributed by atoms with Gasteiger partial charge in [0.25, 0.3) is 0 Å². The molecule has 21 heavy (non-hydrogen) atoms. The Morgan fingerprint density at radius 3 is 2.48 bits per heavy atom. The first-order chi connectivity index (χ1) is 10.3. The van der Waals surface area contributed by atoms with E-state index in [1.165, 1.54) is 0 Å². The van der Waals surface area contributed by atoms with Gasteiger partial charge in [0.2, 0.25) is 0 Å². The molecule has 0 radical (unpaired) electrons. The number of nitrogens with zero attached hydrogens (tertiary/aromatic N) is 4. The number of rotatable bonds is 3. The maximum Gasteiger partial charge on any atom is 0.128 e. The van der Waals surface area contributed by atoms with Crippen molar-refractivity contribution >= 4 is 28.0 Å². The zero-order valence-electron chi connectivity index (χ0n) is 11.7. The number of hydrogen-bond donors (Lipinski definition) is 0. The van der Waals surface area contributed by atoms with Gasteiger partial charge >= 0.3 is 0 Å². The fourth-order valence-electron chi connectivity index (χ4n) is 2.30. The monoisotopic (exact) mass is 344 g/mol. The molecular formula is C16H17BrN4. The highest BCUT2D eigenvalue weighted by molar-refractivity contribution is 9.10. The first-order valence-corrected chi connectivity index (χ1v) is 7.82. The number of hydrazone groups is 1. The minimum atomic E-state index is 0.914. The molecule has 0 amide bonds. The van der Waals surface area contributed by atoms with Gasteiger partial charge in [-0.15, -0.1) is 0 Å². The van der Waals surface area contributed by atoms with Gasteiger partial charge < -0.3 is 4.90 Å². The largest absolute Gasteiger partial charge is 0.353 e. The molecule has 2 aromatic rings. The summed E-state index contributed by atoms with van der Waals surface area (Å²) < 4.78 is 1.07. The molecule has 0 atom stereocenters. The van der Waals surface area contributed by atoms with Gasteiger partial charge in [-0.1, -0.05) is 40.2 Å². The molecule has 1 aromatic carbocycles. The molecule has 1 aromatic heterocycles. The fraction of sp³-hybridized carbons (Fsp3) is 0.250. The molecule has 108 valence electrons. The molecule has 1 aliphatic rings. The third kappa shape index (κ3) is 3.61. The van der Waals surface area contributed by atoms with E-state index in [9.17, 15) is 0 Å². The summed E-state index contributed by atoms with van der Waals surface area (Å²) >= 11 is 3.54. The van der Waals surface area contributed by atoms with Crippen LogP contribution in [0.15, 0.2) is 58.2 Å². The molecule has 4 nitrogen and oxygen atoms in total. The van der Waals surface area contributed by atoms with Crippen LogP contribution in [0.1, 0.15) is 5.56 Å². The van der Waals surface area contributed by atoms with Gasteiger partial charge in [0.05, 0.1) is 19.3 Å². The van der Waals surface area contributed by atoms with E-state index in [2.05, 4.69) is 48.1 Å². The summed E-state index contributed by atoms with van der Waals surface area (Å²) in [5.41, 5.74) is 1.10. The van der Waals surface area contributed by atoms with Crippen molar-refractivity contribution in [3.05, 3.63) is 58.7 Å². The summed E-state index contributed by atoms with van der Waals surface area (Å²) in [6, 6.07) is 14.1. The standard InChI is InChI=1S/C16H17BrN4/c17-15-6-2-1-5-14(15)13-19-21-11-9-20(10-12-21)16-7-3-4-8-18-16/h1-8,13H,9-12H2. The quantitative estimate of drug-likeness (QED) is 0.802. The second-order valence-electron chi connectivity index (χ2n) is 4.89. The lowest BCUT2D eigenvalue weighted by Crippen LogP contribution is -2.44. The third-order valence-corrected chi connectivity index (χ3v) is 4.22. The van der Waals surface area contributed by atoms with Crippen LogP contribution in [0, 0.1) is 0 Å². The number of halogens is 1. The number of aromatic nitrogens is 1. The van der Waals surface area contributed by atoms with Crippen molar-refractivity contribution in [1.82, 2.24) is 9.99 Å². The second-order valence-corrected chi connectivity index (χ2v) is 5.75. The lowest BCUT2D eigenvalue weighted by atomic mass is 10.2. The fourth-order valence-corrected chi connectivity index (χ4v) is 2.69. The Kier molecular flexibility index (Phi) is 4.50. The lowest BCUT2D eigenvalue weighted by molar-refractivity contribution is 0.271. The zero-order valence-corrected chi connectivity index (χ0v) is 13.3. The summed E-state index contributed by atoms with van der Waals surface area (Å²) in [7, 11) is 0. The van der Waals surface area contributed by atoms with Crippen molar-refractivity contribution in [2.45, 2.75) is 0 Å². The molecule has 0 bridgehead atoms. The summed E-state index contributed by atoms with van der Waals surface area (Å²) in [5, 5.41) is 6.68. The Morgan fingerprint density at radius 1 is 1.00 bits per heavy atom. The molecule has 0 N–H and O–H groups in total. The van der Waals surface area contributed by atoms with E-state index in [4.69, 9.17) is 0 Å². The van der Waals surface area contributed by atoms with Gasteiger partial charge in [-0.3, -0.25) is 5.01 Å². The van der Waals surface area contributed by atoms with Gasteiger partial charge in [-0.05, 0) is 18.2 Å². The highest BCUT2D eigenvalue weighted by Gasteiger charge is 2.16. The Morgan fingerprint density at radius 2 is 1.76 bits per heavy atom. The van der Waals surface area contributed by atoms with Gasteiger partial charge in [-0.25, -0.2) is 4.98 Å². The molecule has 1 saturated heterocycles. The van der Waals surface area contributed by atoms with Crippen LogP contribution in [-0.4, -0.2) is 42.4 Å². The average molecular weight is 345 g/mol. The summed E-state index contributed by atoms with van der Waals surface area (Å²) in [5.74, 6) is 1.05. The molecular weight excluding hydrogens is 328 g/mol. The molecule has 0 aliphatic carbocycles. The second kappa shape index (κ2) is 6.72. The minimum absolute atomic E-state index is 0.914. The highest BCUT2D eigenvalue weighted by atomic mass is 79.9. The zero-order chi connectivity index (χ0) is 14.5. The van der Waals surface area contributed by atoms with Gasteiger partial charge in [-0.2, -0.15) is 5.10 Å². The number of benzene rings is 1. The molecule has 2 heterocycles. The van der Waals surface area contributed by atoms with Crippen LogP contribution in [0.3, 0.4) is 0 Å². The lowest BCUT2D eigenvalue weighted by Gasteiger charge is -2.33. The van der Waals surface area contributed by atoms with Crippen molar-refractivity contribution < 1.29 is 0 Å². The molecule has 0 saturated carbocycles. The maximum atomic E-state index is 4.57. The molecule has 1 aliphatic heterocycles. The van der Waals surface area contributed by atoms with Gasteiger partial charge in [0.15, 0.2) is 0 Å². The Labute approximate surface area is 133 Å². The average Bonchev–Trinajstić information content (AvgIpc) is 2.55. The van der Waals surface area contributed by atoms with Crippen LogP contribution >= 0.6 is 15.9 Å². The predicted molar refractivity (Wildman–Crippen MR) is 89.8 cm³/mol. The van der Waals surface area contributed by atoms with Crippen molar-refractivity contribution in [1.29, 1.82) is 0 Å². The molecule has 5 heteroatoms. The smallest absolute Gasteiger partial charge is 0.128 e. The van der Waals surface area contributed by atoms with Crippen molar-refractivity contribution in [3.8, 4) is 0 Å². The van der Waals surface area contributed by atoms with E-state index in [1.54, 1.807) is 0 Å². The van der Waals surface area contributed by atoms with E-state index in [-0.39, 0.29) is 0 Å². The van der Waals surface area contributed by atoms with Crippen LogP contribution in [0.2, 0.25) is 0 Å². The van der Waals surface area contributed by atoms with Crippen LogP contribution in [-0.2, 0) is 0 Å². The summed E-state index contributed by atoms with van der Waals surface area (Å²) in [4.78, 5) is 6.69. The molecule has 0 spiro atoms. The number of anilines is 1. The molecule has 3 rings (SSSR count). The Hall–Kier alpha value is -1.88. The SMILES string of the molecule is Brc1ccccc1C=NN1CCN(c2ccccn2)CC1. The van der Waals surface area contributed by atoms with E-state index >= 15 is 0 Å². The van der Waals surface area contributed by atoms with Crippen molar-refractivity contribution in [2.75, 3.05) is 31.1 Å². The van der Waals surface area contributed by atoms with Crippen LogP contribution in [0.4, 0.5) is 5.82 Å². The topological polar surface area (TPSA) is 31.7 Å². The first-order valence-electron chi connectivity index (χ1n) is 7.02. The van der Waals surface area contributed by atoms with E-state index in [1.807, 2.05) is 42.7 Å². The number of pyridine rings is 1. The molecule has 0 unspecified atom stereocenters. The minimum Gasteiger partial charge on any atom is -0.353 e. The van der Waals surface area contributed by atoms with Crippen molar-refractivity contribution in [2.24, 2.45) is 5.10 Å². The summed E-state index contributed by atoms with van der Waals surface area (Å²) in [6.45, 7) is 3.73. The van der Waals surface area contributed by atoms with Crippen LogP contribution in [0.5, 0.6) is 0 Å². The normalized spacial score (nSPS) is 15.7. The Bertz CT molecular complexity index is 607. The predicted octanol–water partition coefficient (Wildman–Crippen LogP) is 3.00. The third-order valence-electron chi connectivity index (χ3n) is 3.49.